The van der Waals surface area contributed by atoms with Crippen LogP contribution < -0.4 is 0 Å². The average molecular weight is 248 g/mol. The van der Waals surface area contributed by atoms with E-state index in [4.69, 9.17) is 14.9 Å². The van der Waals surface area contributed by atoms with Crippen molar-refractivity contribution in [1.29, 1.82) is 0 Å². The molecule has 0 aliphatic heterocycles. The average Bonchev–Trinajstić information content (AvgIpc) is 2.36. The summed E-state index contributed by atoms with van der Waals surface area (Å²) in [7, 11) is 0. The van der Waals surface area contributed by atoms with Crippen LogP contribution in [0.5, 0.6) is 0 Å². The second kappa shape index (κ2) is 10.7. The van der Waals surface area contributed by atoms with Crippen LogP contribution in [-0.2, 0) is 9.53 Å². The Morgan fingerprint density at radius 2 is 1.82 bits per heavy atom. The summed E-state index contributed by atoms with van der Waals surface area (Å²) in [5.74, 6) is 0. The lowest BCUT2D eigenvalue weighted by molar-refractivity contribution is -0.136. The Hall–Kier alpha value is -0.490. The summed E-state index contributed by atoms with van der Waals surface area (Å²) in [5.41, 5.74) is 0. The minimum Gasteiger partial charge on any atom is -0.394 e. The number of aldehydes is 1. The third-order valence-electron chi connectivity index (χ3n) is 2.61. The first-order valence-corrected chi connectivity index (χ1v) is 6.21. The fourth-order valence-electron chi connectivity index (χ4n) is 1.47. The van der Waals surface area contributed by atoms with Gasteiger partial charge in [0.2, 0.25) is 0 Å². The Bertz CT molecular complexity index is 186. The van der Waals surface area contributed by atoms with Gasteiger partial charge in [-0.1, -0.05) is 32.6 Å². The monoisotopic (exact) mass is 248 g/mol. The van der Waals surface area contributed by atoms with Gasteiger partial charge in [0, 0.05) is 6.61 Å². The van der Waals surface area contributed by atoms with Crippen molar-refractivity contribution < 1.29 is 24.9 Å². The van der Waals surface area contributed by atoms with E-state index in [1.165, 1.54) is 12.8 Å². The van der Waals surface area contributed by atoms with Crippen LogP contribution in [0.4, 0.5) is 0 Å². The van der Waals surface area contributed by atoms with Crippen LogP contribution in [0, 0.1) is 0 Å². The molecule has 0 amide bonds. The van der Waals surface area contributed by atoms with Gasteiger partial charge in [-0.25, -0.2) is 0 Å². The largest absolute Gasteiger partial charge is 0.394 e. The van der Waals surface area contributed by atoms with E-state index >= 15 is 0 Å². The maximum Gasteiger partial charge on any atom is 0.151 e. The van der Waals surface area contributed by atoms with E-state index in [-0.39, 0.29) is 0 Å². The summed E-state index contributed by atoms with van der Waals surface area (Å²) in [6.45, 7) is 1.92. The predicted octanol–water partition coefficient (Wildman–Crippen LogP) is 0.255. The van der Waals surface area contributed by atoms with E-state index < -0.39 is 24.9 Å². The minimum atomic E-state index is -1.37. The lowest BCUT2D eigenvalue weighted by atomic mass is 10.1. The maximum atomic E-state index is 10.7. The maximum absolute atomic E-state index is 10.7. The molecule has 5 nitrogen and oxygen atoms in total. The highest BCUT2D eigenvalue weighted by Gasteiger charge is 2.25. The summed E-state index contributed by atoms with van der Waals surface area (Å²) < 4.78 is 5.17. The Morgan fingerprint density at radius 1 is 1.18 bits per heavy atom. The van der Waals surface area contributed by atoms with Crippen molar-refractivity contribution in [1.82, 2.24) is 0 Å². The zero-order valence-electron chi connectivity index (χ0n) is 10.4. The Labute approximate surface area is 102 Å². The van der Waals surface area contributed by atoms with Crippen LogP contribution in [0.2, 0.25) is 0 Å². The van der Waals surface area contributed by atoms with Gasteiger partial charge in [0.15, 0.2) is 6.29 Å². The summed E-state index contributed by atoms with van der Waals surface area (Å²) in [5, 5.41) is 27.3. The number of ether oxygens (including phenoxy) is 1. The third-order valence-corrected chi connectivity index (χ3v) is 2.61. The molecule has 0 radical (unpaired) electrons. The highest BCUT2D eigenvalue weighted by molar-refractivity contribution is 5.57. The fourth-order valence-corrected chi connectivity index (χ4v) is 1.47. The van der Waals surface area contributed by atoms with Crippen LogP contribution in [0.15, 0.2) is 0 Å². The molecular weight excluding hydrogens is 224 g/mol. The van der Waals surface area contributed by atoms with Gasteiger partial charge < -0.3 is 24.9 Å². The van der Waals surface area contributed by atoms with Crippen molar-refractivity contribution in [3.8, 4) is 0 Å². The number of carbonyl (C=O) groups is 1. The zero-order valence-corrected chi connectivity index (χ0v) is 10.4. The van der Waals surface area contributed by atoms with Gasteiger partial charge in [0.25, 0.3) is 0 Å². The van der Waals surface area contributed by atoms with E-state index in [9.17, 15) is 9.90 Å². The molecule has 0 saturated carbocycles. The smallest absolute Gasteiger partial charge is 0.151 e. The molecule has 0 fully saturated rings. The topological polar surface area (TPSA) is 87.0 Å². The molecule has 0 rings (SSSR count). The molecule has 0 aromatic rings. The van der Waals surface area contributed by atoms with Crippen LogP contribution in [0.3, 0.4) is 0 Å². The number of unbranched alkanes of at least 4 members (excludes halogenated alkanes) is 4. The standard InChI is InChI=1S/C12H24O5/c1-2-3-4-5-6-7-17-11(9-14)12(16)10(15)8-13/h9-13,15-16H,2-8H2,1H3/t10-,11+,12+/m1/s1. The van der Waals surface area contributed by atoms with Gasteiger partial charge in [-0.05, 0) is 6.42 Å². The number of carbonyl (C=O) groups excluding carboxylic acids is 1. The molecule has 0 aliphatic rings. The van der Waals surface area contributed by atoms with Gasteiger partial charge in [-0.15, -0.1) is 0 Å². The number of hydrogen-bond donors (Lipinski definition) is 3. The summed E-state index contributed by atoms with van der Waals surface area (Å²) in [4.78, 5) is 10.7. The molecule has 0 spiro atoms. The quantitative estimate of drug-likeness (QED) is 0.360. The molecule has 3 atom stereocenters. The summed E-state index contributed by atoms with van der Waals surface area (Å²) >= 11 is 0. The third kappa shape index (κ3) is 7.44. The number of hydrogen-bond acceptors (Lipinski definition) is 5. The fraction of sp³-hybridized carbons (Fsp3) is 0.917. The molecular formula is C12H24O5. The van der Waals surface area contributed by atoms with Crippen LogP contribution in [-0.4, -0.2) is 53.1 Å². The highest BCUT2D eigenvalue weighted by atomic mass is 16.5. The van der Waals surface area contributed by atoms with E-state index in [2.05, 4.69) is 6.92 Å². The van der Waals surface area contributed by atoms with Gasteiger partial charge in [-0.2, -0.15) is 0 Å². The van der Waals surface area contributed by atoms with E-state index in [0.29, 0.717) is 12.9 Å². The molecule has 0 bridgehead atoms. The van der Waals surface area contributed by atoms with Gasteiger partial charge >= 0.3 is 0 Å². The van der Waals surface area contributed by atoms with E-state index in [0.717, 1.165) is 19.3 Å². The summed E-state index contributed by atoms with van der Waals surface area (Å²) in [6, 6.07) is 0. The SMILES string of the molecule is CCCCCCCO[C@@H](C=O)[C@@H](O)[C@H](O)CO. The van der Waals surface area contributed by atoms with Crippen molar-refractivity contribution in [2.24, 2.45) is 0 Å². The molecule has 17 heavy (non-hydrogen) atoms. The van der Waals surface area contributed by atoms with Crippen molar-refractivity contribution in [2.75, 3.05) is 13.2 Å². The first-order chi connectivity index (χ1) is 8.17. The predicted molar refractivity (Wildman–Crippen MR) is 63.7 cm³/mol. The minimum absolute atomic E-state index is 0.377. The zero-order chi connectivity index (χ0) is 13.1. The van der Waals surface area contributed by atoms with Crippen LogP contribution in [0.25, 0.3) is 0 Å². The summed E-state index contributed by atoms with van der Waals surface area (Å²) in [6.07, 6.45) is 2.01. The highest BCUT2D eigenvalue weighted by Crippen LogP contribution is 2.06. The second-order valence-corrected chi connectivity index (χ2v) is 4.13. The van der Waals surface area contributed by atoms with Crippen molar-refractivity contribution in [3.05, 3.63) is 0 Å². The molecule has 0 heterocycles. The van der Waals surface area contributed by atoms with E-state index in [1.807, 2.05) is 0 Å². The lowest BCUT2D eigenvalue weighted by Gasteiger charge is -2.21. The number of aliphatic hydroxyl groups is 3. The molecule has 0 aromatic carbocycles. The van der Waals surface area contributed by atoms with E-state index in [1.54, 1.807) is 0 Å². The van der Waals surface area contributed by atoms with Crippen molar-refractivity contribution in [2.45, 2.75) is 57.3 Å². The molecule has 102 valence electrons. The van der Waals surface area contributed by atoms with Crippen LogP contribution in [0.1, 0.15) is 39.0 Å². The van der Waals surface area contributed by atoms with Gasteiger partial charge in [-0.3, -0.25) is 0 Å². The lowest BCUT2D eigenvalue weighted by Crippen LogP contribution is -2.42. The molecule has 0 aromatic heterocycles. The first kappa shape index (κ1) is 16.5. The number of aliphatic hydroxyl groups excluding tert-OH is 3. The Balaban J connectivity index is 3.71. The van der Waals surface area contributed by atoms with Gasteiger partial charge in [0.05, 0.1) is 6.61 Å². The first-order valence-electron chi connectivity index (χ1n) is 6.21. The molecule has 0 unspecified atom stereocenters. The van der Waals surface area contributed by atoms with Crippen molar-refractivity contribution in [3.63, 3.8) is 0 Å². The molecule has 0 saturated heterocycles. The normalized spacial score (nSPS) is 16.5. The Kier molecular flexibility index (Phi) is 10.3. The molecule has 3 N–H and O–H groups in total. The molecule has 5 heteroatoms. The van der Waals surface area contributed by atoms with Gasteiger partial charge in [0.1, 0.15) is 18.3 Å². The second-order valence-electron chi connectivity index (χ2n) is 4.13. The van der Waals surface area contributed by atoms with Crippen molar-refractivity contribution >= 4 is 6.29 Å². The number of rotatable bonds is 11. The van der Waals surface area contributed by atoms with Crippen LogP contribution >= 0.6 is 0 Å². The molecule has 0 aliphatic carbocycles. The Morgan fingerprint density at radius 3 is 2.35 bits per heavy atom.